The second-order valence-electron chi connectivity index (χ2n) is 8.01. The number of carbonyl (C=O) groups is 1. The van der Waals surface area contributed by atoms with Crippen LogP contribution in [-0.2, 0) is 13.0 Å². The van der Waals surface area contributed by atoms with Gasteiger partial charge in [0.1, 0.15) is 11.5 Å². The van der Waals surface area contributed by atoms with Crippen LogP contribution in [0.3, 0.4) is 0 Å². The lowest BCUT2D eigenvalue weighted by Gasteiger charge is -2.37. The van der Waals surface area contributed by atoms with Gasteiger partial charge in [-0.2, -0.15) is 0 Å². The van der Waals surface area contributed by atoms with Gasteiger partial charge in [-0.3, -0.25) is 9.69 Å². The highest BCUT2D eigenvalue weighted by atomic mass is 16.5. The SMILES string of the molecule is COc1ccc(OC)c2c1CCN(CC1CCN(C(=O)c3ccccc3)CC1)C2. The highest BCUT2D eigenvalue weighted by Gasteiger charge is 2.28. The van der Waals surface area contributed by atoms with Crippen molar-refractivity contribution >= 4 is 5.91 Å². The minimum absolute atomic E-state index is 0.160. The predicted molar refractivity (Wildman–Crippen MR) is 114 cm³/mol. The molecule has 1 fully saturated rings. The van der Waals surface area contributed by atoms with Crippen LogP contribution in [0.4, 0.5) is 0 Å². The van der Waals surface area contributed by atoms with Gasteiger partial charge in [0.05, 0.1) is 14.2 Å². The standard InChI is InChI=1S/C24H30N2O3/c1-28-22-8-9-23(29-2)21-17-25(13-12-20(21)22)16-18-10-14-26(15-11-18)24(27)19-6-4-3-5-7-19/h3-9,18H,10-17H2,1-2H3. The Labute approximate surface area is 173 Å². The Kier molecular flexibility index (Phi) is 6.05. The molecular formula is C24H30N2O3. The molecule has 29 heavy (non-hydrogen) atoms. The third-order valence-corrected chi connectivity index (χ3v) is 6.28. The van der Waals surface area contributed by atoms with E-state index in [1.807, 2.05) is 47.4 Å². The average Bonchev–Trinajstić information content (AvgIpc) is 2.79. The van der Waals surface area contributed by atoms with Crippen LogP contribution < -0.4 is 9.47 Å². The van der Waals surface area contributed by atoms with Gasteiger partial charge in [-0.05, 0) is 49.4 Å². The lowest BCUT2D eigenvalue weighted by Crippen LogP contribution is -2.42. The molecule has 0 bridgehead atoms. The molecule has 154 valence electrons. The van der Waals surface area contributed by atoms with Gasteiger partial charge in [0.2, 0.25) is 0 Å². The van der Waals surface area contributed by atoms with E-state index in [9.17, 15) is 4.79 Å². The van der Waals surface area contributed by atoms with Gasteiger partial charge in [-0.15, -0.1) is 0 Å². The number of hydrogen-bond acceptors (Lipinski definition) is 4. The zero-order chi connectivity index (χ0) is 20.2. The van der Waals surface area contributed by atoms with Crippen molar-refractivity contribution in [1.82, 2.24) is 9.80 Å². The van der Waals surface area contributed by atoms with Crippen molar-refractivity contribution in [2.24, 2.45) is 5.92 Å². The van der Waals surface area contributed by atoms with Crippen LogP contribution in [0.2, 0.25) is 0 Å². The predicted octanol–water partition coefficient (Wildman–Crippen LogP) is 3.61. The number of nitrogens with zero attached hydrogens (tertiary/aromatic N) is 2. The Morgan fingerprint density at radius 3 is 2.24 bits per heavy atom. The number of hydrogen-bond donors (Lipinski definition) is 0. The third kappa shape index (κ3) is 4.25. The number of benzene rings is 2. The largest absolute Gasteiger partial charge is 0.496 e. The first-order chi connectivity index (χ1) is 14.2. The molecule has 0 aliphatic carbocycles. The molecule has 2 aliphatic heterocycles. The van der Waals surface area contributed by atoms with E-state index >= 15 is 0 Å². The summed E-state index contributed by atoms with van der Waals surface area (Å²) in [5.41, 5.74) is 3.33. The van der Waals surface area contributed by atoms with E-state index in [-0.39, 0.29) is 5.91 Å². The first-order valence-corrected chi connectivity index (χ1v) is 10.5. The second kappa shape index (κ2) is 8.87. The van der Waals surface area contributed by atoms with E-state index in [0.29, 0.717) is 5.92 Å². The Hall–Kier alpha value is -2.53. The molecule has 2 aromatic rings. The molecule has 0 N–H and O–H groups in total. The first kappa shape index (κ1) is 19.8. The normalized spacial score (nSPS) is 17.7. The summed E-state index contributed by atoms with van der Waals surface area (Å²) in [7, 11) is 3.47. The van der Waals surface area contributed by atoms with Crippen LogP contribution in [0, 0.1) is 5.92 Å². The summed E-state index contributed by atoms with van der Waals surface area (Å²) in [6.45, 7) is 4.71. The fourth-order valence-corrected chi connectivity index (χ4v) is 4.66. The van der Waals surface area contributed by atoms with Gasteiger partial charge in [0.25, 0.3) is 5.91 Å². The monoisotopic (exact) mass is 394 g/mol. The summed E-state index contributed by atoms with van der Waals surface area (Å²) < 4.78 is 11.2. The minimum Gasteiger partial charge on any atom is -0.496 e. The molecule has 5 heteroatoms. The number of rotatable bonds is 5. The Morgan fingerprint density at radius 1 is 0.931 bits per heavy atom. The van der Waals surface area contributed by atoms with Crippen molar-refractivity contribution < 1.29 is 14.3 Å². The molecule has 2 aromatic carbocycles. The van der Waals surface area contributed by atoms with Gasteiger partial charge in [0, 0.05) is 49.4 Å². The summed E-state index contributed by atoms with van der Waals surface area (Å²) in [6, 6.07) is 13.6. The second-order valence-corrected chi connectivity index (χ2v) is 8.01. The first-order valence-electron chi connectivity index (χ1n) is 10.5. The summed E-state index contributed by atoms with van der Waals surface area (Å²) in [4.78, 5) is 17.2. The Bertz CT molecular complexity index is 845. The maximum Gasteiger partial charge on any atom is 0.253 e. The highest BCUT2D eigenvalue weighted by molar-refractivity contribution is 5.94. The van der Waals surface area contributed by atoms with Crippen LogP contribution in [0.25, 0.3) is 0 Å². The number of likely N-dealkylation sites (tertiary alicyclic amines) is 1. The van der Waals surface area contributed by atoms with Gasteiger partial charge in [-0.1, -0.05) is 18.2 Å². The van der Waals surface area contributed by atoms with Crippen LogP contribution in [0.5, 0.6) is 11.5 Å². The minimum atomic E-state index is 0.160. The summed E-state index contributed by atoms with van der Waals surface area (Å²) in [5, 5.41) is 0. The molecule has 0 spiro atoms. The van der Waals surface area contributed by atoms with Crippen LogP contribution in [-0.4, -0.2) is 56.1 Å². The topological polar surface area (TPSA) is 42.0 Å². The van der Waals surface area contributed by atoms with Crippen molar-refractivity contribution in [3.8, 4) is 11.5 Å². The van der Waals surface area contributed by atoms with Crippen LogP contribution >= 0.6 is 0 Å². The molecule has 0 saturated carbocycles. The molecule has 0 radical (unpaired) electrons. The number of amides is 1. The molecule has 0 atom stereocenters. The molecule has 1 saturated heterocycles. The van der Waals surface area contributed by atoms with E-state index in [2.05, 4.69) is 4.90 Å². The van der Waals surface area contributed by atoms with E-state index < -0.39 is 0 Å². The molecule has 2 heterocycles. The van der Waals surface area contributed by atoms with Gasteiger partial charge < -0.3 is 14.4 Å². The Balaban J connectivity index is 1.35. The highest BCUT2D eigenvalue weighted by Crippen LogP contribution is 2.35. The van der Waals surface area contributed by atoms with Crippen LogP contribution in [0.15, 0.2) is 42.5 Å². The summed E-state index contributed by atoms with van der Waals surface area (Å²) >= 11 is 0. The zero-order valence-corrected chi connectivity index (χ0v) is 17.4. The quantitative estimate of drug-likeness (QED) is 0.777. The van der Waals surface area contributed by atoms with Crippen molar-refractivity contribution in [1.29, 1.82) is 0 Å². The lowest BCUT2D eigenvalue weighted by atomic mass is 9.93. The molecule has 0 unspecified atom stereocenters. The van der Waals surface area contributed by atoms with Gasteiger partial charge >= 0.3 is 0 Å². The zero-order valence-electron chi connectivity index (χ0n) is 17.4. The summed E-state index contributed by atoms with van der Waals surface area (Å²) in [5.74, 6) is 2.71. The fraction of sp³-hybridized carbons (Fsp3) is 0.458. The van der Waals surface area contributed by atoms with Crippen LogP contribution in [0.1, 0.15) is 34.3 Å². The molecule has 1 amide bonds. The molecule has 4 rings (SSSR count). The number of piperidine rings is 1. The molecule has 5 nitrogen and oxygen atoms in total. The fourth-order valence-electron chi connectivity index (χ4n) is 4.66. The number of methoxy groups -OCH3 is 2. The van der Waals surface area contributed by atoms with E-state index in [1.54, 1.807) is 14.2 Å². The maximum atomic E-state index is 12.7. The average molecular weight is 395 g/mol. The Morgan fingerprint density at radius 2 is 1.59 bits per heavy atom. The molecule has 2 aliphatic rings. The number of carbonyl (C=O) groups excluding carboxylic acids is 1. The maximum absolute atomic E-state index is 12.7. The van der Waals surface area contributed by atoms with E-state index in [0.717, 1.165) is 69.0 Å². The van der Waals surface area contributed by atoms with E-state index in [4.69, 9.17) is 9.47 Å². The molecule has 0 aromatic heterocycles. The third-order valence-electron chi connectivity index (χ3n) is 6.28. The lowest BCUT2D eigenvalue weighted by molar-refractivity contribution is 0.0662. The van der Waals surface area contributed by atoms with Gasteiger partial charge in [-0.25, -0.2) is 0 Å². The number of ether oxygens (including phenoxy) is 2. The van der Waals surface area contributed by atoms with Gasteiger partial charge in [0.15, 0.2) is 0 Å². The van der Waals surface area contributed by atoms with Crippen molar-refractivity contribution in [2.75, 3.05) is 40.4 Å². The van der Waals surface area contributed by atoms with Crippen molar-refractivity contribution in [3.63, 3.8) is 0 Å². The summed E-state index contributed by atoms with van der Waals surface area (Å²) in [6.07, 6.45) is 3.12. The van der Waals surface area contributed by atoms with Crippen molar-refractivity contribution in [2.45, 2.75) is 25.8 Å². The molecular weight excluding hydrogens is 364 g/mol. The van der Waals surface area contributed by atoms with Crippen molar-refractivity contribution in [3.05, 3.63) is 59.2 Å². The van der Waals surface area contributed by atoms with E-state index in [1.165, 1.54) is 11.1 Å². The smallest absolute Gasteiger partial charge is 0.253 e. The number of fused-ring (bicyclic) bond motifs is 1.